The second kappa shape index (κ2) is 4.02. The molecule has 3 aromatic rings. The molecule has 0 aliphatic carbocycles. The van der Waals surface area contributed by atoms with E-state index in [1.54, 1.807) is 18.5 Å². The van der Waals surface area contributed by atoms with Crippen LogP contribution in [0.25, 0.3) is 22.4 Å². The summed E-state index contributed by atoms with van der Waals surface area (Å²) in [6, 6.07) is 7.31. The maximum absolute atomic E-state index is 5.97. The molecule has 3 rings (SSSR count). The first-order chi connectivity index (χ1) is 8.22. The van der Waals surface area contributed by atoms with Gasteiger partial charge < -0.3 is 4.98 Å². The van der Waals surface area contributed by atoms with E-state index in [2.05, 4.69) is 15.0 Å². The maximum atomic E-state index is 5.97. The Bertz CT molecular complexity index is 638. The SMILES string of the molecule is Clc1cc(Cl)cc(-c2cc3nccnc3[nH]2)c1. The molecule has 0 spiro atoms. The van der Waals surface area contributed by atoms with Gasteiger partial charge in [0.25, 0.3) is 0 Å². The molecular formula is C12H7Cl2N3. The van der Waals surface area contributed by atoms with E-state index in [1.807, 2.05) is 18.2 Å². The van der Waals surface area contributed by atoms with Crippen LogP contribution in [0, 0.1) is 0 Å². The van der Waals surface area contributed by atoms with Crippen molar-refractivity contribution in [3.05, 3.63) is 46.7 Å². The van der Waals surface area contributed by atoms with Gasteiger partial charge in [0.1, 0.15) is 5.52 Å². The molecule has 3 nitrogen and oxygen atoms in total. The number of benzene rings is 1. The molecule has 0 unspecified atom stereocenters. The van der Waals surface area contributed by atoms with Crippen molar-refractivity contribution < 1.29 is 0 Å². The fourth-order valence-corrected chi connectivity index (χ4v) is 2.24. The Balaban J connectivity index is 2.20. The molecule has 0 bridgehead atoms. The van der Waals surface area contributed by atoms with E-state index in [0.29, 0.717) is 10.0 Å². The average molecular weight is 264 g/mol. The number of halogens is 2. The minimum absolute atomic E-state index is 0.604. The molecular weight excluding hydrogens is 257 g/mol. The molecule has 0 atom stereocenters. The van der Waals surface area contributed by atoms with E-state index in [9.17, 15) is 0 Å². The summed E-state index contributed by atoms with van der Waals surface area (Å²) in [6.07, 6.45) is 3.30. The molecule has 84 valence electrons. The van der Waals surface area contributed by atoms with Crippen LogP contribution < -0.4 is 0 Å². The minimum atomic E-state index is 0.604. The maximum Gasteiger partial charge on any atom is 0.156 e. The summed E-state index contributed by atoms with van der Waals surface area (Å²) in [5.74, 6) is 0. The van der Waals surface area contributed by atoms with Gasteiger partial charge in [-0.3, -0.25) is 4.98 Å². The third kappa shape index (κ3) is 1.99. The molecule has 0 aliphatic heterocycles. The van der Waals surface area contributed by atoms with E-state index in [1.165, 1.54) is 0 Å². The first kappa shape index (κ1) is 10.6. The minimum Gasteiger partial charge on any atom is -0.338 e. The van der Waals surface area contributed by atoms with Crippen LogP contribution in [-0.2, 0) is 0 Å². The molecule has 2 heterocycles. The first-order valence-corrected chi connectivity index (χ1v) is 5.74. The van der Waals surface area contributed by atoms with Crippen molar-refractivity contribution in [1.82, 2.24) is 15.0 Å². The molecule has 0 saturated carbocycles. The van der Waals surface area contributed by atoms with Crippen LogP contribution in [0.3, 0.4) is 0 Å². The monoisotopic (exact) mass is 263 g/mol. The van der Waals surface area contributed by atoms with Crippen LogP contribution in [0.2, 0.25) is 10.0 Å². The van der Waals surface area contributed by atoms with E-state index >= 15 is 0 Å². The van der Waals surface area contributed by atoms with Crippen molar-refractivity contribution in [1.29, 1.82) is 0 Å². The zero-order chi connectivity index (χ0) is 11.8. The summed E-state index contributed by atoms with van der Waals surface area (Å²) in [5.41, 5.74) is 3.38. The fraction of sp³-hybridized carbons (Fsp3) is 0. The van der Waals surface area contributed by atoms with E-state index in [4.69, 9.17) is 23.2 Å². The molecule has 0 saturated heterocycles. The number of aromatic amines is 1. The standard InChI is InChI=1S/C12H7Cl2N3/c13-8-3-7(4-9(14)5-8)10-6-11-12(17-10)16-2-1-15-11/h1-6H,(H,16,17). The average Bonchev–Trinajstić information content (AvgIpc) is 2.71. The molecule has 1 N–H and O–H groups in total. The van der Waals surface area contributed by atoms with Crippen LogP contribution in [0.15, 0.2) is 36.7 Å². The van der Waals surface area contributed by atoms with Crippen LogP contribution in [-0.4, -0.2) is 15.0 Å². The predicted octanol–water partition coefficient (Wildman–Crippen LogP) is 3.93. The second-order valence-electron chi connectivity index (χ2n) is 3.63. The molecule has 1 aromatic carbocycles. The Labute approximate surface area is 107 Å². The molecule has 0 radical (unpaired) electrons. The van der Waals surface area contributed by atoms with Crippen molar-refractivity contribution in [2.24, 2.45) is 0 Å². The molecule has 5 heteroatoms. The smallest absolute Gasteiger partial charge is 0.156 e. The highest BCUT2D eigenvalue weighted by Gasteiger charge is 2.06. The van der Waals surface area contributed by atoms with Gasteiger partial charge in [-0.2, -0.15) is 0 Å². The quantitative estimate of drug-likeness (QED) is 0.723. The summed E-state index contributed by atoms with van der Waals surface area (Å²) >= 11 is 11.9. The Hall–Kier alpha value is -1.58. The number of H-pyrrole nitrogens is 1. The molecule has 0 aliphatic rings. The lowest BCUT2D eigenvalue weighted by Crippen LogP contribution is -1.79. The Kier molecular flexibility index (Phi) is 2.50. The summed E-state index contributed by atoms with van der Waals surface area (Å²) in [4.78, 5) is 11.6. The molecule has 2 aromatic heterocycles. The van der Waals surface area contributed by atoms with Gasteiger partial charge >= 0.3 is 0 Å². The van der Waals surface area contributed by atoms with Gasteiger partial charge in [-0.25, -0.2) is 4.98 Å². The zero-order valence-corrected chi connectivity index (χ0v) is 10.1. The summed E-state index contributed by atoms with van der Waals surface area (Å²) in [6.45, 7) is 0. The van der Waals surface area contributed by atoms with Crippen molar-refractivity contribution in [3.63, 3.8) is 0 Å². The number of fused-ring (bicyclic) bond motifs is 1. The Morgan fingerprint density at radius 1 is 0.882 bits per heavy atom. The zero-order valence-electron chi connectivity index (χ0n) is 8.61. The number of hydrogen-bond acceptors (Lipinski definition) is 2. The van der Waals surface area contributed by atoms with Crippen LogP contribution in [0.5, 0.6) is 0 Å². The topological polar surface area (TPSA) is 41.6 Å². The largest absolute Gasteiger partial charge is 0.338 e. The van der Waals surface area contributed by atoms with Gasteiger partial charge in [-0.1, -0.05) is 23.2 Å². The number of aromatic nitrogens is 3. The van der Waals surface area contributed by atoms with Gasteiger partial charge in [0.05, 0.1) is 0 Å². The van der Waals surface area contributed by atoms with Gasteiger partial charge in [0.2, 0.25) is 0 Å². The highest BCUT2D eigenvalue weighted by Crippen LogP contribution is 2.27. The molecule has 17 heavy (non-hydrogen) atoms. The summed E-state index contributed by atoms with van der Waals surface area (Å²) < 4.78 is 0. The predicted molar refractivity (Wildman–Crippen MR) is 69.3 cm³/mol. The van der Waals surface area contributed by atoms with Gasteiger partial charge in [-0.05, 0) is 24.3 Å². The Morgan fingerprint density at radius 3 is 2.29 bits per heavy atom. The van der Waals surface area contributed by atoms with Crippen molar-refractivity contribution in [2.75, 3.05) is 0 Å². The van der Waals surface area contributed by atoms with Crippen LogP contribution >= 0.6 is 23.2 Å². The molecule has 0 amide bonds. The van der Waals surface area contributed by atoms with E-state index in [0.717, 1.165) is 22.4 Å². The van der Waals surface area contributed by atoms with Crippen molar-refractivity contribution >= 4 is 34.4 Å². The Morgan fingerprint density at radius 2 is 1.59 bits per heavy atom. The lowest BCUT2D eigenvalue weighted by molar-refractivity contribution is 1.26. The lowest BCUT2D eigenvalue weighted by atomic mass is 10.1. The highest BCUT2D eigenvalue weighted by atomic mass is 35.5. The highest BCUT2D eigenvalue weighted by molar-refractivity contribution is 6.35. The van der Waals surface area contributed by atoms with Gasteiger partial charge in [0.15, 0.2) is 5.65 Å². The van der Waals surface area contributed by atoms with Crippen LogP contribution in [0.4, 0.5) is 0 Å². The number of nitrogens with one attached hydrogen (secondary N) is 1. The number of rotatable bonds is 1. The van der Waals surface area contributed by atoms with Gasteiger partial charge in [-0.15, -0.1) is 0 Å². The van der Waals surface area contributed by atoms with Crippen LogP contribution in [0.1, 0.15) is 0 Å². The second-order valence-corrected chi connectivity index (χ2v) is 4.50. The number of nitrogens with zero attached hydrogens (tertiary/aromatic N) is 2. The third-order valence-corrected chi connectivity index (χ3v) is 2.87. The lowest BCUT2D eigenvalue weighted by Gasteiger charge is -1.99. The van der Waals surface area contributed by atoms with Gasteiger partial charge in [0, 0.05) is 33.7 Å². The third-order valence-electron chi connectivity index (χ3n) is 2.43. The van der Waals surface area contributed by atoms with Crippen molar-refractivity contribution in [2.45, 2.75) is 0 Å². The van der Waals surface area contributed by atoms with E-state index < -0.39 is 0 Å². The first-order valence-electron chi connectivity index (χ1n) is 4.98. The number of hydrogen-bond donors (Lipinski definition) is 1. The summed E-state index contributed by atoms with van der Waals surface area (Å²) in [5, 5.41) is 1.21. The molecule has 0 fully saturated rings. The summed E-state index contributed by atoms with van der Waals surface area (Å²) in [7, 11) is 0. The fourth-order valence-electron chi connectivity index (χ4n) is 1.72. The normalized spacial score (nSPS) is 10.9. The van der Waals surface area contributed by atoms with Crippen molar-refractivity contribution in [3.8, 4) is 11.3 Å². The van der Waals surface area contributed by atoms with E-state index in [-0.39, 0.29) is 0 Å².